The number of hydrogen-bond donors (Lipinski definition) is 1. The van der Waals surface area contributed by atoms with Crippen molar-refractivity contribution < 1.29 is 8.82 Å². The van der Waals surface area contributed by atoms with Gasteiger partial charge in [-0.2, -0.15) is 0 Å². The molecule has 2 aromatic carbocycles. The van der Waals surface area contributed by atoms with Crippen molar-refractivity contribution in [3.05, 3.63) is 47.8 Å². The minimum absolute atomic E-state index is 0.138. The highest BCUT2D eigenvalue weighted by Gasteiger charge is 2.39. The third kappa shape index (κ3) is 3.75. The molecule has 0 saturated carbocycles. The van der Waals surface area contributed by atoms with Crippen molar-refractivity contribution in [3.8, 4) is 16.9 Å². The predicted molar refractivity (Wildman–Crippen MR) is 98.8 cm³/mol. The van der Waals surface area contributed by atoms with E-state index in [0.717, 1.165) is 16.9 Å². The van der Waals surface area contributed by atoms with E-state index in [1.807, 2.05) is 25.1 Å². The van der Waals surface area contributed by atoms with E-state index in [1.165, 1.54) is 6.07 Å². The number of nitrogens with two attached hydrogens (primary N) is 1. The topological polar surface area (TPSA) is 35.2 Å². The minimum atomic E-state index is -1.88. The van der Waals surface area contributed by atoms with Crippen molar-refractivity contribution in [2.24, 2.45) is 0 Å². The van der Waals surface area contributed by atoms with Gasteiger partial charge in [0.15, 0.2) is 0 Å². The second kappa shape index (κ2) is 6.00. The molecule has 124 valence electrons. The molecule has 0 atom stereocenters. The average Bonchev–Trinajstić information content (AvgIpc) is 2.40. The number of anilines is 1. The second-order valence-corrected chi connectivity index (χ2v) is 12.3. The molecule has 0 spiro atoms. The molecule has 0 radical (unpaired) electrons. The SMILES string of the molecule is Cc1cc(O[Si](C)(C)C(C)(C)C)ccc1-c1cc(N)ccc1F. The Kier molecular flexibility index (Phi) is 4.58. The van der Waals surface area contributed by atoms with E-state index < -0.39 is 8.32 Å². The molecule has 23 heavy (non-hydrogen) atoms. The number of aryl methyl sites for hydroxylation is 1. The number of hydrogen-bond acceptors (Lipinski definition) is 2. The third-order valence-electron chi connectivity index (χ3n) is 4.66. The molecule has 2 aromatic rings. The lowest BCUT2D eigenvalue weighted by Crippen LogP contribution is -2.43. The summed E-state index contributed by atoms with van der Waals surface area (Å²) in [6, 6.07) is 10.5. The van der Waals surface area contributed by atoms with E-state index in [1.54, 1.807) is 12.1 Å². The van der Waals surface area contributed by atoms with Gasteiger partial charge < -0.3 is 10.2 Å². The van der Waals surface area contributed by atoms with Crippen molar-refractivity contribution >= 4 is 14.0 Å². The number of halogens is 1. The molecule has 2 N–H and O–H groups in total. The normalized spacial score (nSPS) is 12.3. The standard InChI is InChI=1S/C19H26FNOSi/c1-13-11-15(22-23(5,6)19(2,3)4)8-9-16(13)17-12-14(21)7-10-18(17)20/h7-12H,21H2,1-6H3. The van der Waals surface area contributed by atoms with Crippen LogP contribution in [0.4, 0.5) is 10.1 Å². The molecule has 0 amide bonds. The highest BCUT2D eigenvalue weighted by atomic mass is 28.4. The molecule has 0 heterocycles. The Balaban J connectivity index is 2.37. The lowest BCUT2D eigenvalue weighted by Gasteiger charge is -2.36. The van der Waals surface area contributed by atoms with Crippen molar-refractivity contribution in [1.29, 1.82) is 0 Å². The van der Waals surface area contributed by atoms with Gasteiger partial charge in [0.05, 0.1) is 0 Å². The largest absolute Gasteiger partial charge is 0.543 e. The van der Waals surface area contributed by atoms with Gasteiger partial charge in [0, 0.05) is 11.3 Å². The van der Waals surface area contributed by atoms with Gasteiger partial charge in [-0.1, -0.05) is 26.8 Å². The highest BCUT2D eigenvalue weighted by Crippen LogP contribution is 2.38. The fraction of sp³-hybridized carbons (Fsp3) is 0.368. The van der Waals surface area contributed by atoms with Crippen LogP contribution in [0.1, 0.15) is 26.3 Å². The summed E-state index contributed by atoms with van der Waals surface area (Å²) >= 11 is 0. The first kappa shape index (κ1) is 17.5. The minimum Gasteiger partial charge on any atom is -0.543 e. The van der Waals surface area contributed by atoms with Gasteiger partial charge >= 0.3 is 0 Å². The molecule has 2 rings (SSSR count). The first-order valence-electron chi connectivity index (χ1n) is 7.86. The lowest BCUT2D eigenvalue weighted by atomic mass is 9.99. The smallest absolute Gasteiger partial charge is 0.250 e. The summed E-state index contributed by atoms with van der Waals surface area (Å²) in [5.41, 5.74) is 8.70. The molecular weight excluding hydrogens is 305 g/mol. The molecule has 4 heteroatoms. The Morgan fingerprint density at radius 1 is 1.00 bits per heavy atom. The van der Waals surface area contributed by atoms with Crippen molar-refractivity contribution in [1.82, 2.24) is 0 Å². The quantitative estimate of drug-likeness (QED) is 0.572. The van der Waals surface area contributed by atoms with Gasteiger partial charge in [0.1, 0.15) is 11.6 Å². The van der Waals surface area contributed by atoms with Crippen molar-refractivity contribution in [3.63, 3.8) is 0 Å². The Bertz CT molecular complexity index is 720. The van der Waals surface area contributed by atoms with Crippen LogP contribution < -0.4 is 10.2 Å². The zero-order valence-corrected chi connectivity index (χ0v) is 15.8. The van der Waals surface area contributed by atoms with Gasteiger partial charge in [-0.25, -0.2) is 4.39 Å². The first-order chi connectivity index (χ1) is 10.5. The summed E-state index contributed by atoms with van der Waals surface area (Å²) in [7, 11) is -1.88. The van der Waals surface area contributed by atoms with Crippen LogP contribution in [-0.4, -0.2) is 8.32 Å². The van der Waals surface area contributed by atoms with Crippen LogP contribution in [0.15, 0.2) is 36.4 Å². The van der Waals surface area contributed by atoms with Gasteiger partial charge in [-0.3, -0.25) is 0 Å². The van der Waals surface area contributed by atoms with Crippen LogP contribution in [0.5, 0.6) is 5.75 Å². The number of rotatable bonds is 3. The van der Waals surface area contributed by atoms with E-state index in [9.17, 15) is 4.39 Å². The molecule has 0 bridgehead atoms. The summed E-state index contributed by atoms with van der Waals surface area (Å²) in [6.45, 7) is 13.0. The van der Waals surface area contributed by atoms with E-state index in [4.69, 9.17) is 10.2 Å². The Labute approximate surface area is 139 Å². The van der Waals surface area contributed by atoms with Crippen LogP contribution in [-0.2, 0) is 0 Å². The number of benzene rings is 2. The van der Waals surface area contributed by atoms with Gasteiger partial charge in [0.2, 0.25) is 8.32 Å². The van der Waals surface area contributed by atoms with Gasteiger partial charge in [-0.15, -0.1) is 0 Å². The molecule has 0 fully saturated rings. The zero-order chi connectivity index (χ0) is 17.4. The van der Waals surface area contributed by atoms with Crippen LogP contribution in [0.25, 0.3) is 11.1 Å². The Hall–Kier alpha value is -1.81. The maximum Gasteiger partial charge on any atom is 0.250 e. The van der Waals surface area contributed by atoms with Gasteiger partial charge in [0.25, 0.3) is 0 Å². The molecule has 0 aromatic heterocycles. The van der Waals surface area contributed by atoms with Crippen molar-refractivity contribution in [2.45, 2.75) is 45.8 Å². The number of nitrogen functional groups attached to an aromatic ring is 1. The van der Waals surface area contributed by atoms with Crippen molar-refractivity contribution in [2.75, 3.05) is 5.73 Å². The monoisotopic (exact) mass is 331 g/mol. The summed E-state index contributed by atoms with van der Waals surface area (Å²) in [6.07, 6.45) is 0. The summed E-state index contributed by atoms with van der Waals surface area (Å²) < 4.78 is 20.4. The lowest BCUT2D eigenvalue weighted by molar-refractivity contribution is 0.492. The first-order valence-corrected chi connectivity index (χ1v) is 10.8. The third-order valence-corrected chi connectivity index (χ3v) is 9.02. The average molecular weight is 332 g/mol. The molecule has 0 aliphatic carbocycles. The molecule has 2 nitrogen and oxygen atoms in total. The molecule has 0 aliphatic heterocycles. The molecule has 0 aliphatic rings. The molecule has 0 saturated heterocycles. The fourth-order valence-corrected chi connectivity index (χ4v) is 3.22. The maximum atomic E-state index is 14.1. The van der Waals surface area contributed by atoms with E-state index >= 15 is 0 Å². The summed E-state index contributed by atoms with van der Waals surface area (Å²) in [4.78, 5) is 0. The Morgan fingerprint density at radius 3 is 2.22 bits per heavy atom. The summed E-state index contributed by atoms with van der Waals surface area (Å²) in [5, 5.41) is 0.138. The Morgan fingerprint density at radius 2 is 1.65 bits per heavy atom. The van der Waals surface area contributed by atoms with Crippen LogP contribution in [0.2, 0.25) is 18.1 Å². The van der Waals surface area contributed by atoms with E-state index in [2.05, 4.69) is 33.9 Å². The second-order valence-electron chi connectivity index (χ2n) is 7.58. The van der Waals surface area contributed by atoms with Crippen LogP contribution in [0, 0.1) is 12.7 Å². The van der Waals surface area contributed by atoms with Gasteiger partial charge in [-0.05, 0) is 66.5 Å². The molecular formula is C19H26FNOSi. The fourth-order valence-electron chi connectivity index (χ4n) is 2.20. The van der Waals surface area contributed by atoms with E-state index in [-0.39, 0.29) is 10.9 Å². The van der Waals surface area contributed by atoms with Crippen LogP contribution in [0.3, 0.4) is 0 Å². The molecule has 0 unspecified atom stereocenters. The predicted octanol–water partition coefficient (Wildman–Crippen LogP) is 5.77. The van der Waals surface area contributed by atoms with Crippen LogP contribution >= 0.6 is 0 Å². The summed E-state index contributed by atoms with van der Waals surface area (Å²) in [5.74, 6) is 0.586. The highest BCUT2D eigenvalue weighted by molar-refractivity contribution is 6.74. The zero-order valence-electron chi connectivity index (χ0n) is 14.8. The van der Waals surface area contributed by atoms with E-state index in [0.29, 0.717) is 11.3 Å². The maximum absolute atomic E-state index is 14.1.